The summed E-state index contributed by atoms with van der Waals surface area (Å²) in [7, 11) is 1.71. The van der Waals surface area contributed by atoms with E-state index in [0.717, 1.165) is 0 Å². The van der Waals surface area contributed by atoms with Gasteiger partial charge in [-0.25, -0.2) is 0 Å². The zero-order chi connectivity index (χ0) is 9.40. The molecule has 0 atom stereocenters. The molecule has 0 unspecified atom stereocenters. The SMILES string of the molecule is CCCC(CCC)CC(=O)NC. The van der Waals surface area contributed by atoms with Crippen LogP contribution in [0.4, 0.5) is 0 Å². The summed E-state index contributed by atoms with van der Waals surface area (Å²) in [6, 6.07) is 0. The van der Waals surface area contributed by atoms with Gasteiger partial charge >= 0.3 is 0 Å². The Kier molecular flexibility index (Phi) is 6.82. The van der Waals surface area contributed by atoms with Gasteiger partial charge in [0.25, 0.3) is 0 Å². The third-order valence-corrected chi connectivity index (χ3v) is 2.15. The highest BCUT2D eigenvalue weighted by atomic mass is 16.1. The highest BCUT2D eigenvalue weighted by Crippen LogP contribution is 2.16. The molecule has 2 heteroatoms. The van der Waals surface area contributed by atoms with E-state index in [-0.39, 0.29) is 5.91 Å². The monoisotopic (exact) mass is 171 g/mol. The van der Waals surface area contributed by atoms with Gasteiger partial charge in [0.2, 0.25) is 5.91 Å². The molecule has 0 aromatic carbocycles. The quantitative estimate of drug-likeness (QED) is 0.653. The van der Waals surface area contributed by atoms with Crippen LogP contribution in [0.15, 0.2) is 0 Å². The molecule has 0 aliphatic heterocycles. The van der Waals surface area contributed by atoms with Gasteiger partial charge in [-0.05, 0) is 5.92 Å². The number of amides is 1. The molecule has 0 saturated carbocycles. The standard InChI is InChI=1S/C10H21NO/c1-4-6-9(7-5-2)8-10(12)11-3/h9H,4-8H2,1-3H3,(H,11,12). The van der Waals surface area contributed by atoms with Gasteiger partial charge in [0.15, 0.2) is 0 Å². The van der Waals surface area contributed by atoms with Crippen molar-refractivity contribution in [3.63, 3.8) is 0 Å². The second kappa shape index (κ2) is 7.14. The van der Waals surface area contributed by atoms with E-state index in [9.17, 15) is 4.79 Å². The van der Waals surface area contributed by atoms with Crippen LogP contribution < -0.4 is 5.32 Å². The molecule has 1 N–H and O–H groups in total. The molecular weight excluding hydrogens is 150 g/mol. The summed E-state index contributed by atoms with van der Waals surface area (Å²) in [4.78, 5) is 11.1. The molecule has 0 aliphatic carbocycles. The molecule has 0 heterocycles. The molecule has 0 spiro atoms. The second-order valence-electron chi connectivity index (χ2n) is 3.32. The molecular formula is C10H21NO. The largest absolute Gasteiger partial charge is 0.359 e. The molecule has 0 bridgehead atoms. The number of carbonyl (C=O) groups excluding carboxylic acids is 1. The summed E-state index contributed by atoms with van der Waals surface area (Å²) in [5.74, 6) is 0.779. The Labute approximate surface area is 75.7 Å². The Balaban J connectivity index is 3.68. The minimum atomic E-state index is 0.182. The van der Waals surface area contributed by atoms with E-state index in [1.54, 1.807) is 7.05 Å². The van der Waals surface area contributed by atoms with Gasteiger partial charge in [-0.2, -0.15) is 0 Å². The molecule has 12 heavy (non-hydrogen) atoms. The predicted molar refractivity (Wildman–Crippen MR) is 52.0 cm³/mol. The van der Waals surface area contributed by atoms with Gasteiger partial charge < -0.3 is 5.32 Å². The number of rotatable bonds is 6. The molecule has 0 aromatic heterocycles. The topological polar surface area (TPSA) is 29.1 Å². The summed E-state index contributed by atoms with van der Waals surface area (Å²) in [5.41, 5.74) is 0. The van der Waals surface area contributed by atoms with Crippen LogP contribution in [0.2, 0.25) is 0 Å². The van der Waals surface area contributed by atoms with E-state index in [1.165, 1.54) is 25.7 Å². The van der Waals surface area contributed by atoms with Crippen LogP contribution in [-0.4, -0.2) is 13.0 Å². The van der Waals surface area contributed by atoms with E-state index in [4.69, 9.17) is 0 Å². The van der Waals surface area contributed by atoms with E-state index < -0.39 is 0 Å². The van der Waals surface area contributed by atoms with Crippen molar-refractivity contribution in [3.8, 4) is 0 Å². The normalized spacial score (nSPS) is 10.3. The predicted octanol–water partition coefficient (Wildman–Crippen LogP) is 2.34. The van der Waals surface area contributed by atoms with Crippen molar-refractivity contribution < 1.29 is 4.79 Å². The molecule has 2 nitrogen and oxygen atoms in total. The average molecular weight is 171 g/mol. The number of hydrogen-bond acceptors (Lipinski definition) is 1. The lowest BCUT2D eigenvalue weighted by atomic mass is 9.94. The number of hydrogen-bond donors (Lipinski definition) is 1. The van der Waals surface area contributed by atoms with Gasteiger partial charge in [0.1, 0.15) is 0 Å². The van der Waals surface area contributed by atoms with Crippen molar-refractivity contribution in [1.82, 2.24) is 5.32 Å². The Morgan fingerprint density at radius 2 is 1.75 bits per heavy atom. The van der Waals surface area contributed by atoms with E-state index in [0.29, 0.717) is 12.3 Å². The van der Waals surface area contributed by atoms with Gasteiger partial charge in [0, 0.05) is 13.5 Å². The number of nitrogens with one attached hydrogen (secondary N) is 1. The Hall–Kier alpha value is -0.530. The van der Waals surface area contributed by atoms with Crippen molar-refractivity contribution in [3.05, 3.63) is 0 Å². The summed E-state index contributed by atoms with van der Waals surface area (Å²) in [5, 5.41) is 2.67. The first kappa shape index (κ1) is 11.5. The first-order valence-electron chi connectivity index (χ1n) is 4.95. The first-order chi connectivity index (χ1) is 5.74. The van der Waals surface area contributed by atoms with Gasteiger partial charge in [-0.15, -0.1) is 0 Å². The fourth-order valence-corrected chi connectivity index (χ4v) is 1.53. The van der Waals surface area contributed by atoms with Crippen LogP contribution in [0, 0.1) is 5.92 Å². The molecule has 0 aromatic rings. The second-order valence-corrected chi connectivity index (χ2v) is 3.32. The maximum Gasteiger partial charge on any atom is 0.220 e. The summed E-state index contributed by atoms with van der Waals surface area (Å²) in [6.45, 7) is 4.35. The zero-order valence-electron chi connectivity index (χ0n) is 8.52. The van der Waals surface area contributed by atoms with Crippen LogP contribution >= 0.6 is 0 Å². The van der Waals surface area contributed by atoms with Crippen LogP contribution in [0.25, 0.3) is 0 Å². The van der Waals surface area contributed by atoms with Crippen LogP contribution in [0.5, 0.6) is 0 Å². The molecule has 0 saturated heterocycles. The van der Waals surface area contributed by atoms with Crippen LogP contribution in [0.3, 0.4) is 0 Å². The summed E-state index contributed by atoms with van der Waals surface area (Å²) in [6.07, 6.45) is 5.43. The molecule has 0 radical (unpaired) electrons. The third-order valence-electron chi connectivity index (χ3n) is 2.15. The smallest absolute Gasteiger partial charge is 0.220 e. The number of carbonyl (C=O) groups is 1. The third kappa shape index (κ3) is 5.16. The minimum Gasteiger partial charge on any atom is -0.359 e. The minimum absolute atomic E-state index is 0.182. The van der Waals surface area contributed by atoms with Gasteiger partial charge in [-0.1, -0.05) is 39.5 Å². The first-order valence-corrected chi connectivity index (χ1v) is 4.95. The maximum absolute atomic E-state index is 11.1. The Morgan fingerprint density at radius 1 is 1.25 bits per heavy atom. The van der Waals surface area contributed by atoms with Crippen LogP contribution in [-0.2, 0) is 4.79 Å². The lowest BCUT2D eigenvalue weighted by Gasteiger charge is -2.13. The maximum atomic E-state index is 11.1. The summed E-state index contributed by atoms with van der Waals surface area (Å²) >= 11 is 0. The Morgan fingerprint density at radius 3 is 2.08 bits per heavy atom. The van der Waals surface area contributed by atoms with Gasteiger partial charge in [-0.3, -0.25) is 4.79 Å². The summed E-state index contributed by atoms with van der Waals surface area (Å²) < 4.78 is 0. The molecule has 0 fully saturated rings. The highest BCUT2D eigenvalue weighted by Gasteiger charge is 2.10. The lowest BCUT2D eigenvalue weighted by molar-refractivity contribution is -0.121. The van der Waals surface area contributed by atoms with Crippen molar-refractivity contribution in [2.45, 2.75) is 46.0 Å². The molecule has 72 valence electrons. The van der Waals surface area contributed by atoms with Crippen molar-refractivity contribution >= 4 is 5.91 Å². The highest BCUT2D eigenvalue weighted by molar-refractivity contribution is 5.75. The lowest BCUT2D eigenvalue weighted by Crippen LogP contribution is -2.21. The van der Waals surface area contributed by atoms with Crippen molar-refractivity contribution in [2.24, 2.45) is 5.92 Å². The Bertz CT molecular complexity index is 117. The fraction of sp³-hybridized carbons (Fsp3) is 0.900. The van der Waals surface area contributed by atoms with E-state index >= 15 is 0 Å². The molecule has 0 rings (SSSR count). The van der Waals surface area contributed by atoms with Crippen LogP contribution in [0.1, 0.15) is 46.0 Å². The fourth-order valence-electron chi connectivity index (χ4n) is 1.53. The van der Waals surface area contributed by atoms with E-state index in [1.807, 2.05) is 0 Å². The zero-order valence-corrected chi connectivity index (χ0v) is 8.52. The average Bonchev–Trinajstić information content (AvgIpc) is 2.05. The van der Waals surface area contributed by atoms with Crippen molar-refractivity contribution in [2.75, 3.05) is 7.05 Å². The van der Waals surface area contributed by atoms with E-state index in [2.05, 4.69) is 19.2 Å². The molecule has 1 amide bonds. The van der Waals surface area contributed by atoms with Gasteiger partial charge in [0.05, 0.1) is 0 Å². The van der Waals surface area contributed by atoms with Crippen molar-refractivity contribution in [1.29, 1.82) is 0 Å². The molecule has 0 aliphatic rings.